The third kappa shape index (κ3) is 2.89. The van der Waals surface area contributed by atoms with Crippen molar-refractivity contribution in [2.24, 2.45) is 0 Å². The summed E-state index contributed by atoms with van der Waals surface area (Å²) in [6.07, 6.45) is 2.00. The fraction of sp³-hybridized carbons (Fsp3) is 0.154. The zero-order valence-electron chi connectivity index (χ0n) is 8.61. The van der Waals surface area contributed by atoms with Gasteiger partial charge >= 0.3 is 0 Å². The van der Waals surface area contributed by atoms with E-state index < -0.39 is 0 Å². The fourth-order valence-corrected chi connectivity index (χ4v) is 2.13. The molecule has 0 spiro atoms. The fourth-order valence-electron chi connectivity index (χ4n) is 1.49. The van der Waals surface area contributed by atoms with Crippen molar-refractivity contribution in [3.63, 3.8) is 0 Å². The number of rotatable bonds is 3. The molecule has 1 aromatic heterocycles. The number of pyridine rings is 1. The molecule has 16 heavy (non-hydrogen) atoms. The second kappa shape index (κ2) is 5.21. The van der Waals surface area contributed by atoms with Gasteiger partial charge in [0, 0.05) is 16.9 Å². The van der Waals surface area contributed by atoms with Crippen molar-refractivity contribution in [1.82, 2.24) is 4.98 Å². The lowest BCUT2D eigenvalue weighted by Crippen LogP contribution is -1.97. The lowest BCUT2D eigenvalue weighted by Gasteiger charge is -2.09. The van der Waals surface area contributed by atoms with Crippen molar-refractivity contribution >= 4 is 15.9 Å². The molecule has 82 valence electrons. The van der Waals surface area contributed by atoms with Crippen LogP contribution in [0.1, 0.15) is 16.1 Å². The van der Waals surface area contributed by atoms with Crippen LogP contribution in [0.4, 0.5) is 4.39 Å². The molecule has 1 atom stereocenters. The first-order valence-corrected chi connectivity index (χ1v) is 5.97. The highest BCUT2D eigenvalue weighted by atomic mass is 79.9. The quantitative estimate of drug-likeness (QED) is 0.777. The summed E-state index contributed by atoms with van der Waals surface area (Å²) in [5.74, 6) is -0.297. The Morgan fingerprint density at radius 1 is 1.12 bits per heavy atom. The number of halogens is 2. The van der Waals surface area contributed by atoms with E-state index in [2.05, 4.69) is 33.0 Å². The molecule has 0 saturated heterocycles. The van der Waals surface area contributed by atoms with Gasteiger partial charge in [0.15, 0.2) is 0 Å². The summed E-state index contributed by atoms with van der Waals surface area (Å²) in [6, 6.07) is 13.3. The normalized spacial score (nSPS) is 12.4. The van der Waals surface area contributed by atoms with Crippen LogP contribution >= 0.6 is 15.9 Å². The summed E-state index contributed by atoms with van der Waals surface area (Å²) >= 11 is 3.61. The van der Waals surface area contributed by atoms with Crippen molar-refractivity contribution < 1.29 is 4.39 Å². The van der Waals surface area contributed by atoms with Crippen LogP contribution in [-0.4, -0.2) is 4.98 Å². The predicted octanol–water partition coefficient (Wildman–Crippen LogP) is 3.90. The highest BCUT2D eigenvalue weighted by molar-refractivity contribution is 9.09. The van der Waals surface area contributed by atoms with Crippen molar-refractivity contribution in [1.29, 1.82) is 0 Å². The van der Waals surface area contributed by atoms with Gasteiger partial charge in [-0.05, 0) is 17.7 Å². The third-order valence-corrected chi connectivity index (χ3v) is 3.19. The minimum atomic E-state index is -0.297. The van der Waals surface area contributed by atoms with Crippen molar-refractivity contribution in [3.05, 3.63) is 65.7 Å². The van der Waals surface area contributed by atoms with Crippen LogP contribution in [0, 0.1) is 5.82 Å². The van der Waals surface area contributed by atoms with E-state index in [1.165, 1.54) is 17.8 Å². The Kier molecular flexibility index (Phi) is 3.67. The molecule has 2 rings (SSSR count). The molecule has 0 aliphatic carbocycles. The van der Waals surface area contributed by atoms with E-state index in [0.717, 1.165) is 12.1 Å². The van der Waals surface area contributed by atoms with Gasteiger partial charge in [-0.15, -0.1) is 0 Å². The molecule has 1 unspecified atom stereocenters. The van der Waals surface area contributed by atoms with Crippen LogP contribution in [0.2, 0.25) is 0 Å². The molecular formula is C13H11BrFN. The zero-order valence-corrected chi connectivity index (χ0v) is 10.2. The lowest BCUT2D eigenvalue weighted by molar-refractivity contribution is 0.619. The molecule has 0 fully saturated rings. The highest BCUT2D eigenvalue weighted by Gasteiger charge is 2.08. The molecule has 0 N–H and O–H groups in total. The minimum absolute atomic E-state index is 0.215. The molecule has 0 aliphatic rings. The SMILES string of the molecule is Fc1ccc(CC(Br)c2ccccc2)nc1. The minimum Gasteiger partial charge on any atom is -0.258 e. The number of aromatic nitrogens is 1. The van der Waals surface area contributed by atoms with E-state index in [1.54, 1.807) is 6.07 Å². The third-order valence-electron chi connectivity index (χ3n) is 2.34. The molecule has 0 saturated carbocycles. The summed E-state index contributed by atoms with van der Waals surface area (Å²) in [5.41, 5.74) is 2.08. The topological polar surface area (TPSA) is 12.9 Å². The summed E-state index contributed by atoms with van der Waals surface area (Å²) in [5, 5.41) is 0. The van der Waals surface area contributed by atoms with Gasteiger partial charge in [-0.3, -0.25) is 4.98 Å². The average molecular weight is 280 g/mol. The summed E-state index contributed by atoms with van der Waals surface area (Å²) in [6.45, 7) is 0. The van der Waals surface area contributed by atoms with Crippen LogP contribution in [0.3, 0.4) is 0 Å². The van der Waals surface area contributed by atoms with Gasteiger partial charge in [0.2, 0.25) is 0 Å². The number of hydrogen-bond acceptors (Lipinski definition) is 1. The molecule has 0 bridgehead atoms. The maximum atomic E-state index is 12.7. The Labute approximate surface area is 102 Å². The predicted molar refractivity (Wildman–Crippen MR) is 66.0 cm³/mol. The van der Waals surface area contributed by atoms with Crippen LogP contribution < -0.4 is 0 Å². The van der Waals surface area contributed by atoms with Gasteiger partial charge in [0.05, 0.1) is 6.20 Å². The van der Waals surface area contributed by atoms with Gasteiger partial charge in [-0.2, -0.15) is 0 Å². The average Bonchev–Trinajstić information content (AvgIpc) is 2.33. The van der Waals surface area contributed by atoms with E-state index >= 15 is 0 Å². The van der Waals surface area contributed by atoms with E-state index in [0.29, 0.717) is 0 Å². The molecule has 1 heterocycles. The molecule has 1 nitrogen and oxygen atoms in total. The summed E-state index contributed by atoms with van der Waals surface area (Å²) in [4.78, 5) is 4.25. The number of nitrogens with zero attached hydrogens (tertiary/aromatic N) is 1. The van der Waals surface area contributed by atoms with E-state index in [9.17, 15) is 4.39 Å². The highest BCUT2D eigenvalue weighted by Crippen LogP contribution is 2.25. The van der Waals surface area contributed by atoms with Gasteiger partial charge in [-0.25, -0.2) is 4.39 Å². The first kappa shape index (κ1) is 11.3. The smallest absolute Gasteiger partial charge is 0.141 e. The molecule has 0 radical (unpaired) electrons. The van der Waals surface area contributed by atoms with Gasteiger partial charge in [-0.1, -0.05) is 46.3 Å². The first-order valence-electron chi connectivity index (χ1n) is 5.05. The van der Waals surface area contributed by atoms with E-state index in [-0.39, 0.29) is 10.6 Å². The standard InChI is InChI=1S/C13H11BrFN/c14-13(10-4-2-1-3-5-10)8-12-7-6-11(15)9-16-12/h1-7,9,13H,8H2. The molecule has 0 amide bonds. The molecule has 0 aliphatic heterocycles. The van der Waals surface area contributed by atoms with Crippen molar-refractivity contribution in [2.75, 3.05) is 0 Å². The lowest BCUT2D eigenvalue weighted by atomic mass is 10.1. The molecule has 3 heteroatoms. The maximum absolute atomic E-state index is 12.7. The zero-order chi connectivity index (χ0) is 11.4. The van der Waals surface area contributed by atoms with Gasteiger partial charge < -0.3 is 0 Å². The van der Waals surface area contributed by atoms with E-state index in [1.807, 2.05) is 18.2 Å². The van der Waals surface area contributed by atoms with E-state index in [4.69, 9.17) is 0 Å². The first-order chi connectivity index (χ1) is 7.75. The second-order valence-electron chi connectivity index (χ2n) is 3.55. The van der Waals surface area contributed by atoms with Crippen LogP contribution in [-0.2, 0) is 6.42 Å². The monoisotopic (exact) mass is 279 g/mol. The van der Waals surface area contributed by atoms with Crippen molar-refractivity contribution in [2.45, 2.75) is 11.2 Å². The van der Waals surface area contributed by atoms with Crippen molar-refractivity contribution in [3.8, 4) is 0 Å². The second-order valence-corrected chi connectivity index (χ2v) is 4.66. The Hall–Kier alpha value is -1.22. The Balaban J connectivity index is 2.08. The molecular weight excluding hydrogens is 269 g/mol. The van der Waals surface area contributed by atoms with Gasteiger partial charge in [0.1, 0.15) is 5.82 Å². The Morgan fingerprint density at radius 2 is 1.88 bits per heavy atom. The number of hydrogen-bond donors (Lipinski definition) is 0. The Morgan fingerprint density at radius 3 is 2.50 bits per heavy atom. The van der Waals surface area contributed by atoms with Crippen LogP contribution in [0.15, 0.2) is 48.7 Å². The largest absolute Gasteiger partial charge is 0.258 e. The molecule has 2 aromatic rings. The molecule has 1 aromatic carbocycles. The summed E-state index contributed by atoms with van der Waals surface area (Å²) in [7, 11) is 0. The number of benzene rings is 1. The maximum Gasteiger partial charge on any atom is 0.141 e. The van der Waals surface area contributed by atoms with Gasteiger partial charge in [0.25, 0.3) is 0 Å². The number of alkyl halides is 1. The Bertz CT molecular complexity index is 441. The van der Waals surface area contributed by atoms with Crippen LogP contribution in [0.5, 0.6) is 0 Å². The van der Waals surface area contributed by atoms with Crippen LogP contribution in [0.25, 0.3) is 0 Å². The summed E-state index contributed by atoms with van der Waals surface area (Å²) < 4.78 is 12.7.